The van der Waals surface area contributed by atoms with E-state index in [-0.39, 0.29) is 0 Å². The van der Waals surface area contributed by atoms with Crippen LogP contribution in [0.1, 0.15) is 51.3 Å². The predicted octanol–water partition coefficient (Wildman–Crippen LogP) is 3.77. The molecule has 1 aromatic heterocycles. The molecule has 2 unspecified atom stereocenters. The minimum absolute atomic E-state index is 0.431. The van der Waals surface area contributed by atoms with Gasteiger partial charge in [-0.05, 0) is 43.5 Å². The summed E-state index contributed by atoms with van der Waals surface area (Å²) in [6.07, 6.45) is 7.06. The summed E-state index contributed by atoms with van der Waals surface area (Å²) >= 11 is 0. The number of nitrogens with one attached hydrogen (secondary N) is 1. The Morgan fingerprint density at radius 3 is 2.63 bits per heavy atom. The van der Waals surface area contributed by atoms with Gasteiger partial charge in [0.2, 0.25) is 0 Å². The zero-order chi connectivity index (χ0) is 21.3. The molecule has 0 saturated carbocycles. The average Bonchev–Trinajstić information content (AvgIpc) is 3.31. The van der Waals surface area contributed by atoms with E-state index in [0.717, 1.165) is 51.6 Å². The van der Waals surface area contributed by atoms with Crippen LogP contribution in [0, 0.1) is 5.92 Å². The van der Waals surface area contributed by atoms with Crippen LogP contribution in [-0.4, -0.2) is 58.0 Å². The second kappa shape index (κ2) is 11.2. The van der Waals surface area contributed by atoms with Crippen LogP contribution < -0.4 is 5.32 Å². The van der Waals surface area contributed by atoms with Crippen molar-refractivity contribution in [1.82, 2.24) is 24.7 Å². The summed E-state index contributed by atoms with van der Waals surface area (Å²) in [6.45, 7) is 15.6. The van der Waals surface area contributed by atoms with Gasteiger partial charge in [0.25, 0.3) is 0 Å². The Labute approximate surface area is 182 Å². The number of guanidine groups is 1. The van der Waals surface area contributed by atoms with Crippen molar-refractivity contribution in [3.05, 3.63) is 54.1 Å². The zero-order valence-electron chi connectivity index (χ0n) is 19.1. The molecule has 1 aliphatic heterocycles. The zero-order valence-corrected chi connectivity index (χ0v) is 19.1. The average molecular weight is 411 g/mol. The maximum atomic E-state index is 5.06. The molecule has 6 heteroatoms. The summed E-state index contributed by atoms with van der Waals surface area (Å²) in [5, 5.41) is 3.53. The third-order valence-electron chi connectivity index (χ3n) is 6.27. The molecule has 2 heterocycles. The SMILES string of the molecule is CCNC(=NCc1ccccc1CN(CC)CC)N1CCC(C)C(n2ccnc2)C1. The molecular formula is C24H38N6. The van der Waals surface area contributed by atoms with E-state index in [1.54, 1.807) is 0 Å². The molecule has 0 aliphatic carbocycles. The molecule has 1 aromatic carbocycles. The number of hydrogen-bond donors (Lipinski definition) is 1. The highest BCUT2D eigenvalue weighted by Crippen LogP contribution is 2.27. The van der Waals surface area contributed by atoms with E-state index < -0.39 is 0 Å². The van der Waals surface area contributed by atoms with Crippen LogP contribution >= 0.6 is 0 Å². The van der Waals surface area contributed by atoms with Crippen LogP contribution in [0.25, 0.3) is 0 Å². The highest BCUT2D eigenvalue weighted by molar-refractivity contribution is 5.80. The number of hydrogen-bond acceptors (Lipinski definition) is 3. The first-order chi connectivity index (χ1) is 14.7. The van der Waals surface area contributed by atoms with Crippen molar-refractivity contribution in [2.24, 2.45) is 10.9 Å². The number of benzene rings is 1. The van der Waals surface area contributed by atoms with Gasteiger partial charge in [-0.25, -0.2) is 9.98 Å². The van der Waals surface area contributed by atoms with Crippen molar-refractivity contribution >= 4 is 5.96 Å². The van der Waals surface area contributed by atoms with Gasteiger partial charge in [-0.3, -0.25) is 4.90 Å². The minimum Gasteiger partial charge on any atom is -0.357 e. The summed E-state index contributed by atoms with van der Waals surface area (Å²) in [5.74, 6) is 1.65. The molecule has 0 bridgehead atoms. The van der Waals surface area contributed by atoms with Crippen molar-refractivity contribution in [1.29, 1.82) is 0 Å². The number of likely N-dealkylation sites (tertiary alicyclic amines) is 1. The first-order valence-corrected chi connectivity index (χ1v) is 11.5. The molecule has 3 rings (SSSR count). The van der Waals surface area contributed by atoms with Gasteiger partial charge in [-0.1, -0.05) is 45.0 Å². The van der Waals surface area contributed by atoms with E-state index in [1.807, 2.05) is 12.5 Å². The van der Waals surface area contributed by atoms with E-state index in [9.17, 15) is 0 Å². The number of aromatic nitrogens is 2. The molecule has 1 saturated heterocycles. The molecule has 164 valence electrons. The van der Waals surface area contributed by atoms with Gasteiger partial charge in [-0.2, -0.15) is 0 Å². The predicted molar refractivity (Wildman–Crippen MR) is 125 cm³/mol. The molecule has 1 fully saturated rings. The molecule has 0 amide bonds. The van der Waals surface area contributed by atoms with Gasteiger partial charge >= 0.3 is 0 Å². The van der Waals surface area contributed by atoms with Gasteiger partial charge < -0.3 is 14.8 Å². The number of rotatable bonds is 8. The fourth-order valence-corrected chi connectivity index (χ4v) is 4.23. The van der Waals surface area contributed by atoms with Crippen LogP contribution in [0.5, 0.6) is 0 Å². The van der Waals surface area contributed by atoms with E-state index in [0.29, 0.717) is 18.5 Å². The topological polar surface area (TPSA) is 48.7 Å². The molecule has 2 atom stereocenters. The second-order valence-electron chi connectivity index (χ2n) is 8.19. The Balaban J connectivity index is 1.75. The van der Waals surface area contributed by atoms with Crippen molar-refractivity contribution in [2.75, 3.05) is 32.7 Å². The molecule has 6 nitrogen and oxygen atoms in total. The Bertz CT molecular complexity index is 781. The summed E-state index contributed by atoms with van der Waals surface area (Å²) in [6, 6.07) is 9.16. The number of piperidine rings is 1. The maximum absolute atomic E-state index is 5.06. The second-order valence-corrected chi connectivity index (χ2v) is 8.19. The van der Waals surface area contributed by atoms with Gasteiger partial charge in [0.1, 0.15) is 0 Å². The first-order valence-electron chi connectivity index (χ1n) is 11.5. The van der Waals surface area contributed by atoms with Crippen molar-refractivity contribution in [3.8, 4) is 0 Å². The quantitative estimate of drug-likeness (QED) is 0.532. The highest BCUT2D eigenvalue weighted by atomic mass is 15.3. The molecule has 1 N–H and O–H groups in total. The van der Waals surface area contributed by atoms with Gasteiger partial charge in [0, 0.05) is 38.6 Å². The normalized spacial score (nSPS) is 20.0. The van der Waals surface area contributed by atoms with Gasteiger partial charge in [0.05, 0.1) is 18.9 Å². The summed E-state index contributed by atoms with van der Waals surface area (Å²) < 4.78 is 2.25. The lowest BCUT2D eigenvalue weighted by atomic mass is 9.93. The molecule has 0 radical (unpaired) electrons. The molecular weight excluding hydrogens is 372 g/mol. The van der Waals surface area contributed by atoms with Crippen molar-refractivity contribution in [2.45, 2.75) is 53.2 Å². The Morgan fingerprint density at radius 1 is 1.20 bits per heavy atom. The van der Waals surface area contributed by atoms with E-state index >= 15 is 0 Å². The molecule has 0 spiro atoms. The Kier molecular flexibility index (Phi) is 8.31. The third-order valence-corrected chi connectivity index (χ3v) is 6.27. The van der Waals surface area contributed by atoms with Crippen LogP contribution in [0.2, 0.25) is 0 Å². The Hall–Kier alpha value is -2.34. The van der Waals surface area contributed by atoms with Gasteiger partial charge in [0.15, 0.2) is 5.96 Å². The lowest BCUT2D eigenvalue weighted by Gasteiger charge is -2.39. The summed E-state index contributed by atoms with van der Waals surface area (Å²) in [5.41, 5.74) is 2.70. The monoisotopic (exact) mass is 410 g/mol. The minimum atomic E-state index is 0.431. The first kappa shape index (κ1) is 22.3. The van der Waals surface area contributed by atoms with E-state index in [2.05, 4.69) is 82.8 Å². The molecule has 1 aliphatic rings. The number of imidazole rings is 1. The highest BCUT2D eigenvalue weighted by Gasteiger charge is 2.28. The van der Waals surface area contributed by atoms with Gasteiger partial charge in [-0.15, -0.1) is 0 Å². The standard InChI is InChI=1S/C24H38N6/c1-5-26-24(29-14-12-20(4)23(18-29)30-15-13-25-19-30)27-16-21-10-8-9-11-22(21)17-28(6-2)7-3/h8-11,13,15,19-20,23H,5-7,12,14,16-18H2,1-4H3,(H,26,27). The van der Waals surface area contributed by atoms with Crippen LogP contribution in [0.3, 0.4) is 0 Å². The largest absolute Gasteiger partial charge is 0.357 e. The lowest BCUT2D eigenvalue weighted by molar-refractivity contribution is 0.189. The summed E-state index contributed by atoms with van der Waals surface area (Å²) in [7, 11) is 0. The van der Waals surface area contributed by atoms with Crippen LogP contribution in [0.4, 0.5) is 0 Å². The lowest BCUT2D eigenvalue weighted by Crippen LogP contribution is -2.49. The van der Waals surface area contributed by atoms with Crippen LogP contribution in [0.15, 0.2) is 48.0 Å². The molecule has 2 aromatic rings. The smallest absolute Gasteiger partial charge is 0.194 e. The van der Waals surface area contributed by atoms with Crippen molar-refractivity contribution < 1.29 is 0 Å². The maximum Gasteiger partial charge on any atom is 0.194 e. The fourth-order valence-electron chi connectivity index (χ4n) is 4.23. The van der Waals surface area contributed by atoms with E-state index in [1.165, 1.54) is 11.1 Å². The number of aliphatic imine (C=N–C) groups is 1. The third kappa shape index (κ3) is 5.63. The fraction of sp³-hybridized carbons (Fsp3) is 0.583. The molecule has 30 heavy (non-hydrogen) atoms. The summed E-state index contributed by atoms with van der Waals surface area (Å²) in [4.78, 5) is 14.2. The van der Waals surface area contributed by atoms with E-state index in [4.69, 9.17) is 4.99 Å². The van der Waals surface area contributed by atoms with Crippen LogP contribution in [-0.2, 0) is 13.1 Å². The van der Waals surface area contributed by atoms with Crippen molar-refractivity contribution in [3.63, 3.8) is 0 Å². The Morgan fingerprint density at radius 2 is 1.97 bits per heavy atom. The number of nitrogens with zero attached hydrogens (tertiary/aromatic N) is 5.